The lowest BCUT2D eigenvalue weighted by Crippen LogP contribution is -2.49. The molecule has 0 saturated carbocycles. The maximum Gasteiger partial charge on any atom is 0.281 e. The van der Waals surface area contributed by atoms with Crippen molar-refractivity contribution in [2.45, 2.75) is 5.75 Å². The topological polar surface area (TPSA) is 119 Å². The van der Waals surface area contributed by atoms with Crippen LogP contribution in [0.4, 0.5) is 14.5 Å². The number of piperazine rings is 1. The van der Waals surface area contributed by atoms with Crippen molar-refractivity contribution in [1.82, 2.24) is 14.1 Å². The Morgan fingerprint density at radius 2 is 1.57 bits per heavy atom. The number of aromatic nitrogens is 2. The molecule has 4 aromatic rings. The zero-order valence-electron chi connectivity index (χ0n) is 21.2. The van der Waals surface area contributed by atoms with Crippen LogP contribution in [0.5, 0.6) is 0 Å². The summed E-state index contributed by atoms with van der Waals surface area (Å²) < 4.78 is 56.3. The Hall–Kier alpha value is -4.42. The summed E-state index contributed by atoms with van der Waals surface area (Å²) >= 11 is 0. The normalized spacial score (nSPS) is 14.3. The number of sulfonamides is 1. The summed E-state index contributed by atoms with van der Waals surface area (Å²) in [6, 6.07) is 17.7. The summed E-state index contributed by atoms with van der Waals surface area (Å²) in [4.78, 5) is 27.4. The van der Waals surface area contributed by atoms with E-state index in [0.29, 0.717) is 22.9 Å². The zero-order chi connectivity index (χ0) is 28.4. The number of hydrogen-bond acceptors (Lipinski definition) is 6. The molecular formula is C28H25F2N5O4S. The van der Waals surface area contributed by atoms with Gasteiger partial charge in [-0.3, -0.25) is 9.59 Å². The average Bonchev–Trinajstić information content (AvgIpc) is 2.93. The van der Waals surface area contributed by atoms with Crippen molar-refractivity contribution in [3.8, 4) is 16.8 Å². The molecule has 12 heteroatoms. The van der Waals surface area contributed by atoms with Gasteiger partial charge >= 0.3 is 0 Å². The van der Waals surface area contributed by atoms with Gasteiger partial charge in [-0.2, -0.15) is 14.1 Å². The van der Waals surface area contributed by atoms with E-state index in [9.17, 15) is 26.8 Å². The van der Waals surface area contributed by atoms with E-state index in [1.54, 1.807) is 36.4 Å². The lowest BCUT2D eigenvalue weighted by atomic mass is 10.0. The van der Waals surface area contributed by atoms with Gasteiger partial charge in [-0.25, -0.2) is 17.2 Å². The van der Waals surface area contributed by atoms with Gasteiger partial charge < -0.3 is 10.6 Å². The van der Waals surface area contributed by atoms with Gasteiger partial charge in [-0.15, -0.1) is 0 Å². The molecule has 9 nitrogen and oxygen atoms in total. The Kier molecular flexibility index (Phi) is 7.46. The summed E-state index contributed by atoms with van der Waals surface area (Å²) in [5.74, 6) is -2.57. The van der Waals surface area contributed by atoms with Crippen LogP contribution in [0.3, 0.4) is 0 Å². The number of primary amides is 1. The lowest BCUT2D eigenvalue weighted by Gasteiger charge is -2.36. The molecular weight excluding hydrogens is 540 g/mol. The standard InChI is InChI=1S/C28H25F2N5O4S/c29-22-14-23(30)16-24(15-22)35-28(37)26(20-7-4-8-21(13-20)27(31)36)25(17-32-35)33-9-11-34(12-10-33)40(38,39)18-19-5-2-1-3-6-19/h1-8,13-17H,9-12,18H2,(H2,31,36). The molecule has 0 aliphatic carbocycles. The molecule has 1 aromatic heterocycles. The molecule has 40 heavy (non-hydrogen) atoms. The van der Waals surface area contributed by atoms with E-state index in [4.69, 9.17) is 5.73 Å². The van der Waals surface area contributed by atoms with E-state index in [2.05, 4.69) is 5.10 Å². The fourth-order valence-corrected chi connectivity index (χ4v) is 6.23. The van der Waals surface area contributed by atoms with Gasteiger partial charge in [0, 0.05) is 37.8 Å². The number of benzene rings is 3. The third-order valence-corrected chi connectivity index (χ3v) is 8.50. The Labute approximate surface area is 229 Å². The van der Waals surface area contributed by atoms with Gasteiger partial charge in [-0.05, 0) is 35.4 Å². The van der Waals surface area contributed by atoms with E-state index in [-0.39, 0.29) is 48.7 Å². The summed E-state index contributed by atoms with van der Waals surface area (Å²) in [5, 5.41) is 4.18. The highest BCUT2D eigenvalue weighted by Crippen LogP contribution is 2.30. The van der Waals surface area contributed by atoms with E-state index in [1.807, 2.05) is 11.0 Å². The molecule has 0 spiro atoms. The smallest absolute Gasteiger partial charge is 0.281 e. The number of halogens is 2. The first-order chi connectivity index (χ1) is 19.1. The highest BCUT2D eigenvalue weighted by atomic mass is 32.2. The van der Waals surface area contributed by atoms with Crippen molar-refractivity contribution in [2.75, 3.05) is 31.1 Å². The third kappa shape index (κ3) is 5.63. The molecule has 1 aliphatic heterocycles. The number of hydrogen-bond donors (Lipinski definition) is 1. The number of rotatable bonds is 7. The van der Waals surface area contributed by atoms with Crippen LogP contribution in [0, 0.1) is 11.6 Å². The number of carbonyl (C=O) groups is 1. The van der Waals surface area contributed by atoms with Crippen LogP contribution in [-0.4, -0.2) is 54.6 Å². The second-order valence-electron chi connectivity index (χ2n) is 9.32. The third-order valence-electron chi connectivity index (χ3n) is 6.65. The van der Waals surface area contributed by atoms with Crippen molar-refractivity contribution in [2.24, 2.45) is 5.73 Å². The van der Waals surface area contributed by atoms with Crippen LogP contribution in [0.1, 0.15) is 15.9 Å². The molecule has 0 radical (unpaired) electrons. The second-order valence-corrected chi connectivity index (χ2v) is 11.3. The fourth-order valence-electron chi connectivity index (χ4n) is 4.71. The van der Waals surface area contributed by atoms with Gasteiger partial charge in [-0.1, -0.05) is 42.5 Å². The quantitative estimate of drug-likeness (QED) is 0.368. The largest absolute Gasteiger partial charge is 0.367 e. The number of carbonyl (C=O) groups excluding carboxylic acids is 1. The average molecular weight is 566 g/mol. The van der Waals surface area contributed by atoms with Crippen molar-refractivity contribution in [3.05, 3.63) is 112 Å². The van der Waals surface area contributed by atoms with E-state index in [0.717, 1.165) is 16.8 Å². The number of amides is 1. The minimum absolute atomic E-state index is 0.113. The zero-order valence-corrected chi connectivity index (χ0v) is 22.0. The minimum atomic E-state index is -3.58. The minimum Gasteiger partial charge on any atom is -0.367 e. The van der Waals surface area contributed by atoms with Crippen LogP contribution in [0.2, 0.25) is 0 Å². The van der Waals surface area contributed by atoms with Gasteiger partial charge in [0.15, 0.2) is 0 Å². The van der Waals surface area contributed by atoms with Crippen LogP contribution in [0.15, 0.2) is 83.8 Å². The van der Waals surface area contributed by atoms with Crippen LogP contribution in [-0.2, 0) is 15.8 Å². The predicted octanol–water partition coefficient (Wildman–Crippen LogP) is 2.93. The van der Waals surface area contributed by atoms with Gasteiger partial charge in [0.25, 0.3) is 5.56 Å². The highest BCUT2D eigenvalue weighted by Gasteiger charge is 2.29. The monoisotopic (exact) mass is 565 g/mol. The summed E-state index contributed by atoms with van der Waals surface area (Å²) in [5.41, 5.74) is 6.38. The summed E-state index contributed by atoms with van der Waals surface area (Å²) in [6.45, 7) is 0.870. The number of nitrogens with zero attached hydrogens (tertiary/aromatic N) is 4. The molecule has 1 fully saturated rings. The van der Waals surface area contributed by atoms with Crippen LogP contribution >= 0.6 is 0 Å². The highest BCUT2D eigenvalue weighted by molar-refractivity contribution is 7.88. The molecule has 2 N–H and O–H groups in total. The first-order valence-electron chi connectivity index (χ1n) is 12.4. The molecule has 3 aromatic carbocycles. The SMILES string of the molecule is NC(=O)c1cccc(-c2c(N3CCN(S(=O)(=O)Cc4ccccc4)CC3)cnn(-c3cc(F)cc(F)c3)c2=O)c1. The molecule has 1 amide bonds. The van der Waals surface area contributed by atoms with Crippen LogP contribution in [0.25, 0.3) is 16.8 Å². The molecule has 206 valence electrons. The van der Waals surface area contributed by atoms with Gasteiger partial charge in [0.05, 0.1) is 28.9 Å². The first-order valence-corrected chi connectivity index (χ1v) is 14.0. The fraction of sp³-hybridized carbons (Fsp3) is 0.179. The maximum absolute atomic E-state index is 14.0. The molecule has 0 atom stereocenters. The molecule has 0 bridgehead atoms. The predicted molar refractivity (Wildman–Crippen MR) is 147 cm³/mol. The van der Waals surface area contributed by atoms with Crippen molar-refractivity contribution in [3.63, 3.8) is 0 Å². The Morgan fingerprint density at radius 3 is 2.23 bits per heavy atom. The Balaban J connectivity index is 1.51. The van der Waals surface area contributed by atoms with E-state index >= 15 is 0 Å². The van der Waals surface area contributed by atoms with Gasteiger partial charge in [0.2, 0.25) is 15.9 Å². The molecule has 1 saturated heterocycles. The molecule has 2 heterocycles. The lowest BCUT2D eigenvalue weighted by molar-refractivity contribution is 0.100. The molecule has 1 aliphatic rings. The molecule has 0 unspecified atom stereocenters. The second kappa shape index (κ2) is 11.0. The van der Waals surface area contributed by atoms with E-state index in [1.165, 1.54) is 22.6 Å². The summed E-state index contributed by atoms with van der Waals surface area (Å²) in [6.07, 6.45) is 1.39. The number of nitrogens with two attached hydrogens (primary N) is 1. The molecule has 5 rings (SSSR count). The van der Waals surface area contributed by atoms with Crippen LogP contribution < -0.4 is 16.2 Å². The summed E-state index contributed by atoms with van der Waals surface area (Å²) in [7, 11) is -3.58. The van der Waals surface area contributed by atoms with E-state index < -0.39 is 33.1 Å². The van der Waals surface area contributed by atoms with Crippen molar-refractivity contribution in [1.29, 1.82) is 0 Å². The van der Waals surface area contributed by atoms with Crippen molar-refractivity contribution < 1.29 is 22.0 Å². The van der Waals surface area contributed by atoms with Crippen molar-refractivity contribution >= 4 is 21.6 Å². The Morgan fingerprint density at radius 1 is 0.900 bits per heavy atom. The first kappa shape index (κ1) is 27.2. The number of anilines is 1. The van der Waals surface area contributed by atoms with Gasteiger partial charge in [0.1, 0.15) is 11.6 Å². The maximum atomic E-state index is 14.0. The Bertz CT molecular complexity index is 1720.